The molecule has 0 aliphatic heterocycles. The molecule has 1 aromatic heterocycles. The van der Waals surface area contributed by atoms with Gasteiger partial charge in [0, 0.05) is 12.2 Å². The van der Waals surface area contributed by atoms with Crippen LogP contribution in [0.1, 0.15) is 17.0 Å². The molecule has 96 valence electrons. The molecule has 0 bridgehead atoms. The Morgan fingerprint density at radius 1 is 1.32 bits per heavy atom. The number of nitrogens with one attached hydrogen (secondary N) is 1. The molecule has 0 aliphatic carbocycles. The second-order valence-corrected chi connectivity index (χ2v) is 4.14. The molecule has 5 heteroatoms. The Morgan fingerprint density at radius 3 is 2.89 bits per heavy atom. The Labute approximate surface area is 110 Å². The molecule has 2 aromatic rings. The maximum atomic E-state index is 13.0. The molecule has 19 heavy (non-hydrogen) atoms. The van der Waals surface area contributed by atoms with Crippen LogP contribution in [0.5, 0.6) is 0 Å². The van der Waals surface area contributed by atoms with Crippen LogP contribution in [-0.4, -0.2) is 16.5 Å². The van der Waals surface area contributed by atoms with Crippen molar-refractivity contribution in [1.29, 1.82) is 5.26 Å². The van der Waals surface area contributed by atoms with Gasteiger partial charge in [0.05, 0.1) is 0 Å². The van der Waals surface area contributed by atoms with E-state index in [2.05, 4.69) is 15.3 Å². The number of benzene rings is 1. The lowest BCUT2D eigenvalue weighted by atomic mass is 10.1. The summed E-state index contributed by atoms with van der Waals surface area (Å²) in [5.74, 6) is 0.184. The highest BCUT2D eigenvalue weighted by Crippen LogP contribution is 2.06. The van der Waals surface area contributed by atoms with E-state index in [0.29, 0.717) is 24.6 Å². The molecule has 0 radical (unpaired) electrons. The molecule has 0 amide bonds. The summed E-state index contributed by atoms with van der Waals surface area (Å²) in [5.41, 5.74) is 1.97. The van der Waals surface area contributed by atoms with Crippen molar-refractivity contribution in [1.82, 2.24) is 9.97 Å². The summed E-state index contributed by atoms with van der Waals surface area (Å²) in [6.45, 7) is 2.39. The summed E-state index contributed by atoms with van der Waals surface area (Å²) in [5, 5.41) is 11.8. The molecule has 2 rings (SSSR count). The normalized spacial score (nSPS) is 9.95. The first-order valence-corrected chi connectivity index (χ1v) is 5.91. The summed E-state index contributed by atoms with van der Waals surface area (Å²) in [6, 6.07) is 10.1. The van der Waals surface area contributed by atoms with Crippen molar-refractivity contribution in [2.45, 2.75) is 13.3 Å². The molecule has 0 aliphatic rings. The largest absolute Gasteiger partial charge is 0.354 e. The Morgan fingerprint density at radius 2 is 2.16 bits per heavy atom. The van der Waals surface area contributed by atoms with Crippen molar-refractivity contribution in [2.24, 2.45) is 0 Å². The molecular weight excluding hydrogens is 243 g/mol. The third kappa shape index (κ3) is 3.75. The van der Waals surface area contributed by atoms with Gasteiger partial charge in [0.1, 0.15) is 17.6 Å². The van der Waals surface area contributed by atoms with Crippen LogP contribution in [0.4, 0.5) is 10.3 Å². The maximum absolute atomic E-state index is 13.0. The monoisotopic (exact) mass is 256 g/mol. The molecule has 1 aromatic carbocycles. The molecule has 0 saturated heterocycles. The number of rotatable bonds is 4. The van der Waals surface area contributed by atoms with Crippen LogP contribution in [0, 0.1) is 24.1 Å². The molecule has 4 nitrogen and oxygen atoms in total. The summed E-state index contributed by atoms with van der Waals surface area (Å²) in [7, 11) is 0. The topological polar surface area (TPSA) is 61.6 Å². The average Bonchev–Trinajstić information content (AvgIpc) is 2.38. The number of hydrogen-bond donors (Lipinski definition) is 1. The van der Waals surface area contributed by atoms with Gasteiger partial charge in [-0.3, -0.25) is 0 Å². The van der Waals surface area contributed by atoms with Crippen molar-refractivity contribution in [3.63, 3.8) is 0 Å². The highest BCUT2D eigenvalue weighted by atomic mass is 19.1. The summed E-state index contributed by atoms with van der Waals surface area (Å²) in [4.78, 5) is 8.23. The van der Waals surface area contributed by atoms with E-state index in [-0.39, 0.29) is 5.82 Å². The number of hydrogen-bond acceptors (Lipinski definition) is 4. The summed E-state index contributed by atoms with van der Waals surface area (Å²) < 4.78 is 13.0. The molecule has 0 atom stereocenters. The molecule has 0 saturated carbocycles. The van der Waals surface area contributed by atoms with E-state index in [1.807, 2.05) is 12.1 Å². The summed E-state index contributed by atoms with van der Waals surface area (Å²) >= 11 is 0. The van der Waals surface area contributed by atoms with Gasteiger partial charge in [-0.2, -0.15) is 5.26 Å². The standard InChI is InChI=1S/C14H13FN4/c1-10-7-13(9-16)19-14(18-10)17-6-5-11-3-2-4-12(15)8-11/h2-4,7-8H,5-6H2,1H3,(H,17,18,19). The minimum atomic E-state index is -0.240. The Kier molecular flexibility index (Phi) is 4.04. The van der Waals surface area contributed by atoms with Gasteiger partial charge in [-0.15, -0.1) is 0 Å². The third-order valence-electron chi connectivity index (χ3n) is 2.55. The second kappa shape index (κ2) is 5.91. The first-order chi connectivity index (χ1) is 9.17. The van der Waals surface area contributed by atoms with E-state index < -0.39 is 0 Å². The van der Waals surface area contributed by atoms with Crippen molar-refractivity contribution in [2.75, 3.05) is 11.9 Å². The van der Waals surface area contributed by atoms with Crippen LogP contribution >= 0.6 is 0 Å². The third-order valence-corrected chi connectivity index (χ3v) is 2.55. The number of anilines is 1. The predicted molar refractivity (Wildman–Crippen MR) is 70.1 cm³/mol. The van der Waals surface area contributed by atoms with Crippen LogP contribution in [0.3, 0.4) is 0 Å². The molecule has 1 N–H and O–H groups in total. The fraction of sp³-hybridized carbons (Fsp3) is 0.214. The number of aromatic nitrogens is 2. The van der Waals surface area contributed by atoms with E-state index >= 15 is 0 Å². The van der Waals surface area contributed by atoms with E-state index in [1.54, 1.807) is 19.1 Å². The SMILES string of the molecule is Cc1cc(C#N)nc(NCCc2cccc(F)c2)n1. The molecule has 0 fully saturated rings. The van der Waals surface area contributed by atoms with E-state index in [9.17, 15) is 4.39 Å². The lowest BCUT2D eigenvalue weighted by molar-refractivity contribution is 0.625. The van der Waals surface area contributed by atoms with E-state index in [1.165, 1.54) is 12.1 Å². The van der Waals surface area contributed by atoms with Gasteiger partial charge >= 0.3 is 0 Å². The fourth-order valence-corrected chi connectivity index (χ4v) is 1.72. The molecular formula is C14H13FN4. The van der Waals surface area contributed by atoms with Crippen LogP contribution in [0.25, 0.3) is 0 Å². The first kappa shape index (κ1) is 13.0. The maximum Gasteiger partial charge on any atom is 0.224 e. The van der Waals surface area contributed by atoms with Gasteiger partial charge < -0.3 is 5.32 Å². The Bertz CT molecular complexity index is 619. The number of aryl methyl sites for hydroxylation is 1. The fourth-order valence-electron chi connectivity index (χ4n) is 1.72. The van der Waals surface area contributed by atoms with Crippen LogP contribution in [-0.2, 0) is 6.42 Å². The average molecular weight is 256 g/mol. The van der Waals surface area contributed by atoms with Crippen molar-refractivity contribution in [3.8, 4) is 6.07 Å². The highest BCUT2D eigenvalue weighted by molar-refractivity contribution is 5.33. The lowest BCUT2D eigenvalue weighted by Gasteiger charge is -2.06. The number of nitrogens with zero attached hydrogens (tertiary/aromatic N) is 3. The number of halogens is 1. The zero-order valence-corrected chi connectivity index (χ0v) is 10.5. The second-order valence-electron chi connectivity index (χ2n) is 4.14. The Hall–Kier alpha value is -2.48. The predicted octanol–water partition coefficient (Wildman–Crippen LogP) is 2.45. The van der Waals surface area contributed by atoms with Gasteiger partial charge in [-0.25, -0.2) is 14.4 Å². The zero-order valence-electron chi connectivity index (χ0n) is 10.5. The minimum Gasteiger partial charge on any atom is -0.354 e. The van der Waals surface area contributed by atoms with Crippen LogP contribution in [0.2, 0.25) is 0 Å². The lowest BCUT2D eigenvalue weighted by Crippen LogP contribution is -2.09. The van der Waals surface area contributed by atoms with Gasteiger partial charge in [0.25, 0.3) is 0 Å². The van der Waals surface area contributed by atoms with Gasteiger partial charge in [0.15, 0.2) is 0 Å². The van der Waals surface area contributed by atoms with Gasteiger partial charge in [0.2, 0.25) is 5.95 Å². The van der Waals surface area contributed by atoms with Gasteiger partial charge in [-0.1, -0.05) is 12.1 Å². The Balaban J connectivity index is 1.96. The highest BCUT2D eigenvalue weighted by Gasteiger charge is 2.01. The van der Waals surface area contributed by atoms with Crippen molar-refractivity contribution in [3.05, 3.63) is 53.1 Å². The van der Waals surface area contributed by atoms with E-state index in [0.717, 1.165) is 11.3 Å². The van der Waals surface area contributed by atoms with Gasteiger partial charge in [-0.05, 0) is 37.1 Å². The number of nitriles is 1. The van der Waals surface area contributed by atoms with Crippen LogP contribution in [0.15, 0.2) is 30.3 Å². The quantitative estimate of drug-likeness (QED) is 0.912. The first-order valence-electron chi connectivity index (χ1n) is 5.91. The molecule has 0 unspecified atom stereocenters. The zero-order chi connectivity index (χ0) is 13.7. The molecule has 1 heterocycles. The van der Waals surface area contributed by atoms with E-state index in [4.69, 9.17) is 5.26 Å². The minimum absolute atomic E-state index is 0.240. The van der Waals surface area contributed by atoms with Crippen molar-refractivity contribution < 1.29 is 4.39 Å². The summed E-state index contributed by atoms with van der Waals surface area (Å²) in [6.07, 6.45) is 0.664. The van der Waals surface area contributed by atoms with Crippen molar-refractivity contribution >= 4 is 5.95 Å². The molecule has 0 spiro atoms. The smallest absolute Gasteiger partial charge is 0.224 e. The van der Waals surface area contributed by atoms with Crippen LogP contribution < -0.4 is 5.32 Å².